The van der Waals surface area contributed by atoms with E-state index in [4.69, 9.17) is 21.2 Å². The molecule has 0 fully saturated rings. The summed E-state index contributed by atoms with van der Waals surface area (Å²) in [6, 6.07) is 2.06. The Bertz CT molecular complexity index is 454. The highest BCUT2D eigenvalue weighted by molar-refractivity contribution is 6.90. The number of hydrogen-bond acceptors (Lipinski definition) is 5. The van der Waals surface area contributed by atoms with Crippen LogP contribution in [0, 0.1) is 0 Å². The summed E-state index contributed by atoms with van der Waals surface area (Å²) in [5.41, 5.74) is 0. The molecule has 0 aliphatic carbocycles. The Balaban J connectivity index is 4.72. The SMILES string of the molecule is CCO[Si](C)(CCCCCCCC[Si](O[Si](C)(C)C)(O[Si](C)(C)C)O[Si](C)(C)C)OCC. The molecule has 0 aliphatic rings. The summed E-state index contributed by atoms with van der Waals surface area (Å²) in [6.07, 6.45) is 7.36. The minimum atomic E-state index is -2.66. The van der Waals surface area contributed by atoms with Crippen molar-refractivity contribution >= 4 is 42.3 Å². The van der Waals surface area contributed by atoms with Crippen LogP contribution in [0.15, 0.2) is 0 Å². The summed E-state index contributed by atoms with van der Waals surface area (Å²) in [7, 11) is -9.93. The van der Waals surface area contributed by atoms with Crippen LogP contribution < -0.4 is 0 Å². The molecule has 32 heavy (non-hydrogen) atoms. The largest absolute Gasteiger partial charge is 0.469 e. The molecule has 0 unspecified atom stereocenters. The topological polar surface area (TPSA) is 46.2 Å². The van der Waals surface area contributed by atoms with Crippen molar-refractivity contribution in [3.05, 3.63) is 0 Å². The molecular formula is C22H56O5Si5. The second-order valence-electron chi connectivity index (χ2n) is 11.9. The first-order valence-corrected chi connectivity index (χ1v) is 27.5. The van der Waals surface area contributed by atoms with Crippen molar-refractivity contribution in [2.24, 2.45) is 0 Å². The quantitative estimate of drug-likeness (QED) is 0.123. The average molecular weight is 541 g/mol. The number of unbranched alkanes of at least 4 members (excludes halogenated alkanes) is 5. The standard InChI is InChI=1S/C22H56O5Si5/c1-13-23-31(12,24-14-2)21-19-17-15-16-18-20-22-32(25-28(3,4)5,26-29(6,7)8)27-30(9,10)11/h13-22H2,1-12H3. The van der Waals surface area contributed by atoms with Gasteiger partial charge in [0, 0.05) is 19.3 Å². The molecule has 0 saturated carbocycles. The zero-order valence-corrected chi connectivity index (χ0v) is 28.6. The maximum atomic E-state index is 6.79. The highest BCUT2D eigenvalue weighted by Gasteiger charge is 2.49. The van der Waals surface area contributed by atoms with Crippen LogP contribution in [0.25, 0.3) is 0 Å². The fourth-order valence-electron chi connectivity index (χ4n) is 3.91. The molecule has 0 radical (unpaired) electrons. The molecule has 0 aliphatic heterocycles. The monoisotopic (exact) mass is 540 g/mol. The molecule has 0 saturated heterocycles. The zero-order valence-electron chi connectivity index (χ0n) is 23.6. The summed E-state index contributed by atoms with van der Waals surface area (Å²) in [5.74, 6) is 0. The number of hydrogen-bond donors (Lipinski definition) is 0. The smallest absolute Gasteiger partial charge is 0.417 e. The average Bonchev–Trinajstić information content (AvgIpc) is 2.52. The van der Waals surface area contributed by atoms with Crippen molar-refractivity contribution in [1.82, 2.24) is 0 Å². The molecule has 0 N–H and O–H groups in total. The van der Waals surface area contributed by atoms with Crippen molar-refractivity contribution in [2.45, 2.75) is 130 Å². The minimum Gasteiger partial charge on any atom is -0.417 e. The van der Waals surface area contributed by atoms with Gasteiger partial charge >= 0.3 is 17.4 Å². The van der Waals surface area contributed by atoms with Gasteiger partial charge in [0.25, 0.3) is 0 Å². The predicted octanol–water partition coefficient (Wildman–Crippen LogP) is 7.97. The summed E-state index contributed by atoms with van der Waals surface area (Å²) in [6.45, 7) is 28.2. The van der Waals surface area contributed by atoms with Gasteiger partial charge in [-0.2, -0.15) is 0 Å². The van der Waals surface area contributed by atoms with Crippen molar-refractivity contribution in [1.29, 1.82) is 0 Å². The van der Waals surface area contributed by atoms with Gasteiger partial charge in [-0.3, -0.25) is 0 Å². The van der Waals surface area contributed by atoms with E-state index in [2.05, 4.69) is 79.3 Å². The molecule has 0 aromatic carbocycles. The van der Waals surface area contributed by atoms with Gasteiger partial charge in [-0.1, -0.05) is 32.1 Å². The Morgan fingerprint density at radius 2 is 0.750 bits per heavy atom. The first-order valence-electron chi connectivity index (χ1n) is 12.8. The molecular weight excluding hydrogens is 485 g/mol. The van der Waals surface area contributed by atoms with Gasteiger partial charge in [0.05, 0.1) is 0 Å². The van der Waals surface area contributed by atoms with E-state index < -0.39 is 42.3 Å². The van der Waals surface area contributed by atoms with Gasteiger partial charge < -0.3 is 21.2 Å². The number of rotatable bonds is 19. The molecule has 0 spiro atoms. The predicted molar refractivity (Wildman–Crippen MR) is 151 cm³/mol. The molecule has 0 atom stereocenters. The lowest BCUT2D eigenvalue weighted by Crippen LogP contribution is -2.60. The van der Waals surface area contributed by atoms with Crippen molar-refractivity contribution in [2.75, 3.05) is 13.2 Å². The molecule has 0 aromatic rings. The van der Waals surface area contributed by atoms with Gasteiger partial charge in [-0.15, -0.1) is 0 Å². The highest BCUT2D eigenvalue weighted by Crippen LogP contribution is 2.31. The molecule has 0 amide bonds. The summed E-state index contributed by atoms with van der Waals surface area (Å²) in [4.78, 5) is 0. The highest BCUT2D eigenvalue weighted by atomic mass is 28.5. The molecule has 5 nitrogen and oxygen atoms in total. The Labute approximate surface area is 206 Å². The fraction of sp³-hybridized carbons (Fsp3) is 1.00. The van der Waals surface area contributed by atoms with E-state index in [1.54, 1.807) is 0 Å². The fourth-order valence-corrected chi connectivity index (χ4v) is 21.1. The van der Waals surface area contributed by atoms with Gasteiger partial charge in [0.15, 0.2) is 25.0 Å². The lowest BCUT2D eigenvalue weighted by Gasteiger charge is -2.43. The Kier molecular flexibility index (Phi) is 14.8. The molecule has 0 aromatic heterocycles. The van der Waals surface area contributed by atoms with Crippen LogP contribution in [0.1, 0.15) is 52.4 Å². The van der Waals surface area contributed by atoms with Crippen LogP contribution >= 0.6 is 0 Å². The normalized spacial score (nSPS) is 14.2. The van der Waals surface area contributed by atoms with Crippen LogP contribution in [0.3, 0.4) is 0 Å². The van der Waals surface area contributed by atoms with Gasteiger partial charge in [-0.25, -0.2) is 0 Å². The molecule has 0 rings (SSSR count). The van der Waals surface area contributed by atoms with Crippen molar-refractivity contribution < 1.29 is 21.2 Å². The third-order valence-electron chi connectivity index (χ3n) is 4.65. The van der Waals surface area contributed by atoms with E-state index in [-0.39, 0.29) is 0 Å². The summed E-state index contributed by atoms with van der Waals surface area (Å²) in [5, 5.41) is 0. The van der Waals surface area contributed by atoms with Gasteiger partial charge in [0.1, 0.15) is 0 Å². The second-order valence-corrected chi connectivity index (χ2v) is 32.3. The van der Waals surface area contributed by atoms with Crippen LogP contribution in [0.4, 0.5) is 0 Å². The lowest BCUT2D eigenvalue weighted by molar-refractivity contribution is 0.188. The van der Waals surface area contributed by atoms with Crippen LogP contribution in [-0.2, 0) is 21.2 Å². The zero-order chi connectivity index (χ0) is 25.1. The van der Waals surface area contributed by atoms with Gasteiger partial charge in [0.2, 0.25) is 0 Å². The molecule has 10 heteroatoms. The van der Waals surface area contributed by atoms with Crippen LogP contribution in [-0.4, -0.2) is 55.5 Å². The third-order valence-corrected chi connectivity index (χ3v) is 19.8. The van der Waals surface area contributed by atoms with E-state index in [9.17, 15) is 0 Å². The van der Waals surface area contributed by atoms with Crippen molar-refractivity contribution in [3.63, 3.8) is 0 Å². The Morgan fingerprint density at radius 3 is 1.06 bits per heavy atom. The van der Waals surface area contributed by atoms with Crippen molar-refractivity contribution in [3.8, 4) is 0 Å². The Hall–Kier alpha value is 0.884. The maximum absolute atomic E-state index is 6.79. The first kappa shape index (κ1) is 32.9. The third kappa shape index (κ3) is 17.3. The maximum Gasteiger partial charge on any atom is 0.469 e. The van der Waals surface area contributed by atoms with E-state index in [0.717, 1.165) is 31.7 Å². The van der Waals surface area contributed by atoms with E-state index in [1.807, 2.05) is 0 Å². The molecule has 0 heterocycles. The Morgan fingerprint density at radius 1 is 0.438 bits per heavy atom. The van der Waals surface area contributed by atoms with Crippen LogP contribution in [0.5, 0.6) is 0 Å². The van der Waals surface area contributed by atoms with E-state index in [1.165, 1.54) is 32.1 Å². The first-order chi connectivity index (χ1) is 14.4. The lowest BCUT2D eigenvalue weighted by atomic mass is 10.1. The van der Waals surface area contributed by atoms with Crippen LogP contribution in [0.2, 0.25) is 77.6 Å². The van der Waals surface area contributed by atoms with E-state index >= 15 is 0 Å². The summed E-state index contributed by atoms with van der Waals surface area (Å²) >= 11 is 0. The minimum absolute atomic E-state index is 0.757. The molecule has 194 valence electrons. The second kappa shape index (κ2) is 14.4. The van der Waals surface area contributed by atoms with E-state index in [0.29, 0.717) is 0 Å². The molecule has 0 bridgehead atoms. The summed E-state index contributed by atoms with van der Waals surface area (Å²) < 4.78 is 32.3. The van der Waals surface area contributed by atoms with Gasteiger partial charge in [-0.05, 0) is 91.8 Å².